The second-order valence-electron chi connectivity index (χ2n) is 7.01. The predicted octanol–water partition coefficient (Wildman–Crippen LogP) is 1.84. The van der Waals surface area contributed by atoms with Gasteiger partial charge in [-0.1, -0.05) is 13.8 Å². The van der Waals surface area contributed by atoms with Crippen LogP contribution in [0.2, 0.25) is 0 Å². The van der Waals surface area contributed by atoms with Crippen LogP contribution in [-0.2, 0) is 4.74 Å². The van der Waals surface area contributed by atoms with Gasteiger partial charge in [0.05, 0.1) is 11.2 Å². The standard InChI is InChI=1S/C15H29N3O2S.HI/c1-13(2)11(8-14(13,3)20-5)18-12(16-4)17-9-15(19)6-7-21-10-15;/h11,19H,6-10H2,1-5H3,(H2,16,17,18);1H. The first-order chi connectivity index (χ1) is 9.76. The van der Waals surface area contributed by atoms with Crippen molar-refractivity contribution in [3.05, 3.63) is 0 Å². The van der Waals surface area contributed by atoms with Crippen LogP contribution < -0.4 is 10.6 Å². The number of methoxy groups -OCH3 is 1. The van der Waals surface area contributed by atoms with Crippen molar-refractivity contribution in [2.24, 2.45) is 10.4 Å². The Morgan fingerprint density at radius 1 is 1.41 bits per heavy atom. The maximum atomic E-state index is 10.4. The van der Waals surface area contributed by atoms with E-state index < -0.39 is 5.60 Å². The van der Waals surface area contributed by atoms with E-state index in [0.717, 1.165) is 30.3 Å². The molecule has 130 valence electrons. The third-order valence-electron chi connectivity index (χ3n) is 5.48. The minimum absolute atomic E-state index is 0. The van der Waals surface area contributed by atoms with E-state index in [-0.39, 0.29) is 35.0 Å². The lowest BCUT2D eigenvalue weighted by atomic mass is 9.56. The summed E-state index contributed by atoms with van der Waals surface area (Å²) >= 11 is 1.81. The lowest BCUT2D eigenvalue weighted by Gasteiger charge is -2.59. The molecule has 0 aromatic rings. The fourth-order valence-electron chi connectivity index (χ4n) is 3.07. The highest BCUT2D eigenvalue weighted by atomic mass is 127. The monoisotopic (exact) mass is 443 g/mol. The van der Waals surface area contributed by atoms with E-state index in [1.54, 1.807) is 25.9 Å². The van der Waals surface area contributed by atoms with Gasteiger partial charge < -0.3 is 20.5 Å². The van der Waals surface area contributed by atoms with Gasteiger partial charge in [-0.3, -0.25) is 4.99 Å². The average molecular weight is 443 g/mol. The first kappa shape index (κ1) is 20.3. The molecule has 0 amide bonds. The largest absolute Gasteiger partial charge is 0.387 e. The summed E-state index contributed by atoms with van der Waals surface area (Å²) in [6, 6.07) is 0.321. The summed E-state index contributed by atoms with van der Waals surface area (Å²) in [5.41, 5.74) is -0.651. The Balaban J connectivity index is 0.00000242. The first-order valence-electron chi connectivity index (χ1n) is 7.59. The summed E-state index contributed by atoms with van der Waals surface area (Å²) in [6.07, 6.45) is 1.80. The molecule has 0 radical (unpaired) electrons. The highest BCUT2D eigenvalue weighted by Gasteiger charge is 2.58. The van der Waals surface area contributed by atoms with E-state index in [0.29, 0.717) is 12.6 Å². The highest BCUT2D eigenvalue weighted by molar-refractivity contribution is 14.0. The van der Waals surface area contributed by atoms with Crippen molar-refractivity contribution in [1.82, 2.24) is 10.6 Å². The molecule has 1 saturated carbocycles. The number of hydrogen-bond donors (Lipinski definition) is 3. The molecule has 2 fully saturated rings. The Morgan fingerprint density at radius 3 is 2.55 bits per heavy atom. The van der Waals surface area contributed by atoms with Crippen molar-refractivity contribution in [3.8, 4) is 0 Å². The van der Waals surface area contributed by atoms with E-state index in [1.807, 2.05) is 0 Å². The van der Waals surface area contributed by atoms with E-state index in [9.17, 15) is 5.11 Å². The van der Waals surface area contributed by atoms with Crippen LogP contribution in [-0.4, -0.2) is 60.5 Å². The summed E-state index contributed by atoms with van der Waals surface area (Å²) in [5.74, 6) is 2.59. The number of halogens is 1. The Hall–Kier alpha value is 0.270. The van der Waals surface area contributed by atoms with Crippen LogP contribution in [0.15, 0.2) is 4.99 Å². The number of rotatable bonds is 4. The summed E-state index contributed by atoms with van der Waals surface area (Å²) in [4.78, 5) is 4.28. The Bertz CT molecular complexity index is 414. The molecule has 2 rings (SSSR count). The molecule has 1 heterocycles. The molecule has 7 heteroatoms. The van der Waals surface area contributed by atoms with Crippen LogP contribution in [0.5, 0.6) is 0 Å². The van der Waals surface area contributed by atoms with Crippen molar-refractivity contribution in [2.75, 3.05) is 32.2 Å². The first-order valence-corrected chi connectivity index (χ1v) is 8.74. The quantitative estimate of drug-likeness (QED) is 0.352. The third kappa shape index (κ3) is 3.84. The van der Waals surface area contributed by atoms with Crippen LogP contribution in [0.1, 0.15) is 33.6 Å². The third-order valence-corrected chi connectivity index (χ3v) is 6.71. The Labute approximate surface area is 155 Å². The molecule has 1 aliphatic heterocycles. The second kappa shape index (κ2) is 7.44. The molecule has 3 atom stereocenters. The molecule has 0 bridgehead atoms. The molecule has 0 aromatic carbocycles. The van der Waals surface area contributed by atoms with Crippen LogP contribution in [0.3, 0.4) is 0 Å². The fraction of sp³-hybridized carbons (Fsp3) is 0.933. The lowest BCUT2D eigenvalue weighted by molar-refractivity contribution is -0.176. The molecule has 5 nitrogen and oxygen atoms in total. The number of aliphatic hydroxyl groups is 1. The lowest BCUT2D eigenvalue weighted by Crippen LogP contribution is -2.69. The van der Waals surface area contributed by atoms with Crippen molar-refractivity contribution in [2.45, 2.75) is 50.9 Å². The Kier molecular flexibility index (Phi) is 6.87. The van der Waals surface area contributed by atoms with Crippen LogP contribution in [0.4, 0.5) is 0 Å². The van der Waals surface area contributed by atoms with Gasteiger partial charge in [0.25, 0.3) is 0 Å². The molecule has 3 N–H and O–H groups in total. The highest BCUT2D eigenvalue weighted by Crippen LogP contribution is 2.51. The van der Waals surface area contributed by atoms with Gasteiger partial charge in [0.2, 0.25) is 0 Å². The SMILES string of the molecule is CN=C(NCC1(O)CCSC1)NC1CC(C)(OC)C1(C)C.I. The minimum atomic E-state index is -0.599. The molecule has 0 aromatic heterocycles. The van der Waals surface area contributed by atoms with Crippen molar-refractivity contribution < 1.29 is 9.84 Å². The molecule has 1 aliphatic carbocycles. The van der Waals surface area contributed by atoms with E-state index in [4.69, 9.17) is 4.74 Å². The Morgan fingerprint density at radius 2 is 2.09 bits per heavy atom. The summed E-state index contributed by atoms with van der Waals surface area (Å²) in [5, 5.41) is 17.1. The van der Waals surface area contributed by atoms with E-state index in [2.05, 4.69) is 36.4 Å². The molecule has 1 saturated heterocycles. The molecule has 0 spiro atoms. The molecular formula is C15H30IN3O2S. The fourth-order valence-corrected chi connectivity index (χ4v) is 4.36. The molecule has 22 heavy (non-hydrogen) atoms. The smallest absolute Gasteiger partial charge is 0.191 e. The van der Waals surface area contributed by atoms with Crippen LogP contribution in [0.25, 0.3) is 0 Å². The van der Waals surface area contributed by atoms with Gasteiger partial charge >= 0.3 is 0 Å². The van der Waals surface area contributed by atoms with Gasteiger partial charge in [-0.05, 0) is 25.5 Å². The zero-order valence-corrected chi connectivity index (χ0v) is 17.4. The summed E-state index contributed by atoms with van der Waals surface area (Å²) in [6.45, 7) is 7.13. The van der Waals surface area contributed by atoms with E-state index in [1.165, 1.54) is 0 Å². The molecule has 2 aliphatic rings. The zero-order chi connectivity index (χ0) is 15.7. The van der Waals surface area contributed by atoms with Gasteiger partial charge in [0, 0.05) is 37.9 Å². The van der Waals surface area contributed by atoms with Crippen molar-refractivity contribution in [1.29, 1.82) is 0 Å². The maximum Gasteiger partial charge on any atom is 0.191 e. The van der Waals surface area contributed by atoms with Crippen LogP contribution >= 0.6 is 35.7 Å². The minimum Gasteiger partial charge on any atom is -0.387 e. The van der Waals surface area contributed by atoms with Crippen LogP contribution in [0, 0.1) is 5.41 Å². The summed E-state index contributed by atoms with van der Waals surface area (Å²) in [7, 11) is 3.54. The van der Waals surface area contributed by atoms with Gasteiger partial charge in [-0.25, -0.2) is 0 Å². The number of hydrogen-bond acceptors (Lipinski definition) is 4. The number of aliphatic imine (C=N–C) groups is 1. The topological polar surface area (TPSA) is 65.9 Å². The number of nitrogens with one attached hydrogen (secondary N) is 2. The average Bonchev–Trinajstić information content (AvgIpc) is 2.89. The second-order valence-corrected chi connectivity index (χ2v) is 8.12. The molecular weight excluding hydrogens is 413 g/mol. The number of thioether (sulfide) groups is 1. The van der Waals surface area contributed by atoms with Crippen molar-refractivity contribution >= 4 is 41.7 Å². The maximum absolute atomic E-state index is 10.4. The van der Waals surface area contributed by atoms with E-state index >= 15 is 0 Å². The molecule has 3 unspecified atom stereocenters. The normalized spacial score (nSPS) is 37.2. The van der Waals surface area contributed by atoms with Gasteiger partial charge in [0.15, 0.2) is 5.96 Å². The number of ether oxygens (including phenoxy) is 1. The number of nitrogens with zero attached hydrogens (tertiary/aromatic N) is 1. The summed E-state index contributed by atoms with van der Waals surface area (Å²) < 4.78 is 5.65. The zero-order valence-electron chi connectivity index (χ0n) is 14.2. The predicted molar refractivity (Wildman–Crippen MR) is 104 cm³/mol. The number of guanidine groups is 1. The van der Waals surface area contributed by atoms with Crippen molar-refractivity contribution in [3.63, 3.8) is 0 Å². The van der Waals surface area contributed by atoms with Gasteiger partial charge in [-0.2, -0.15) is 11.8 Å². The van der Waals surface area contributed by atoms with Gasteiger partial charge in [0.1, 0.15) is 0 Å². The van der Waals surface area contributed by atoms with Gasteiger partial charge in [-0.15, -0.1) is 24.0 Å².